The number of allylic oxidation sites excluding steroid dienone is 1. The lowest BCUT2D eigenvalue weighted by Gasteiger charge is -2.00. The van der Waals surface area contributed by atoms with E-state index in [9.17, 15) is 22.7 Å². The van der Waals surface area contributed by atoms with Crippen LogP contribution in [0.15, 0.2) is 51.3 Å². The van der Waals surface area contributed by atoms with Crippen molar-refractivity contribution < 1.29 is 22.7 Å². The summed E-state index contributed by atoms with van der Waals surface area (Å²) in [6.07, 6.45) is 1.98. The third-order valence-electron chi connectivity index (χ3n) is 3.02. The summed E-state index contributed by atoms with van der Waals surface area (Å²) in [5, 5.41) is 17.1. The van der Waals surface area contributed by atoms with Gasteiger partial charge in [0, 0.05) is 11.5 Å². The number of thiazole rings is 1. The van der Waals surface area contributed by atoms with Crippen LogP contribution in [0.5, 0.6) is 0 Å². The lowest BCUT2D eigenvalue weighted by atomic mass is 10.3. The Labute approximate surface area is 144 Å². The lowest BCUT2D eigenvalue weighted by Crippen LogP contribution is -2.02. The van der Waals surface area contributed by atoms with Crippen molar-refractivity contribution in [2.75, 3.05) is 0 Å². The van der Waals surface area contributed by atoms with Gasteiger partial charge in [0.25, 0.3) is 0 Å². The number of hydrogen-bond donors (Lipinski definition) is 2. The third kappa shape index (κ3) is 3.46. The molecule has 0 aliphatic carbocycles. The second-order valence-corrected chi connectivity index (χ2v) is 7.67. The Balaban J connectivity index is 1.89. The second-order valence-electron chi connectivity index (χ2n) is 4.68. The van der Waals surface area contributed by atoms with Gasteiger partial charge in [0.15, 0.2) is 5.82 Å². The summed E-state index contributed by atoms with van der Waals surface area (Å²) in [6, 6.07) is 4.29. The average Bonchev–Trinajstić information content (AvgIpc) is 3.27. The highest BCUT2D eigenvalue weighted by Gasteiger charge is 2.23. The monoisotopic (exact) mass is 380 g/mol. The van der Waals surface area contributed by atoms with Gasteiger partial charge < -0.3 is 5.11 Å². The normalized spacial score (nSPS) is 12.3. The van der Waals surface area contributed by atoms with Gasteiger partial charge in [0.2, 0.25) is 20.0 Å². The molecule has 11 heteroatoms. The van der Waals surface area contributed by atoms with Gasteiger partial charge in [-0.3, -0.25) is 9.89 Å². The Morgan fingerprint density at radius 3 is 2.64 bits per heavy atom. The Bertz CT molecular complexity index is 1040. The number of aliphatic hydroxyl groups is 1. The van der Waals surface area contributed by atoms with E-state index in [-0.39, 0.29) is 20.8 Å². The Kier molecular flexibility index (Phi) is 4.42. The van der Waals surface area contributed by atoms with Crippen LogP contribution in [-0.4, -0.2) is 39.5 Å². The highest BCUT2D eigenvalue weighted by Crippen LogP contribution is 2.26. The summed E-state index contributed by atoms with van der Waals surface area (Å²) in [4.78, 5) is 19.1. The van der Waals surface area contributed by atoms with Crippen molar-refractivity contribution in [1.29, 1.82) is 0 Å². The van der Waals surface area contributed by atoms with Crippen molar-refractivity contribution in [2.24, 2.45) is 0 Å². The number of H-pyrrole nitrogens is 1. The van der Waals surface area contributed by atoms with Crippen molar-refractivity contribution in [2.45, 2.75) is 9.24 Å². The number of ketones is 1. The van der Waals surface area contributed by atoms with Crippen molar-refractivity contribution in [3.05, 3.63) is 59.4 Å². The average molecular weight is 380 g/mol. The fourth-order valence-electron chi connectivity index (χ4n) is 1.80. The largest absolute Gasteiger partial charge is 0.506 e. The minimum absolute atomic E-state index is 0.0825. The molecule has 0 aliphatic heterocycles. The molecule has 0 aliphatic rings. The van der Waals surface area contributed by atoms with Crippen LogP contribution >= 0.6 is 11.3 Å². The van der Waals surface area contributed by atoms with Crippen molar-refractivity contribution in [3.63, 3.8) is 0 Å². The number of nitrogens with one attached hydrogen (secondary N) is 1. The first kappa shape index (κ1) is 16.9. The highest BCUT2D eigenvalue weighted by atomic mass is 32.2. The number of nitrogens with zero attached hydrogens (tertiary/aromatic N) is 3. The number of aliphatic hydroxyl groups excluding tert-OH is 1. The molecule has 0 fully saturated rings. The van der Waals surface area contributed by atoms with E-state index in [1.807, 2.05) is 0 Å². The quantitative estimate of drug-likeness (QED) is 0.300. The molecule has 8 nitrogen and oxygen atoms in total. The van der Waals surface area contributed by atoms with Crippen LogP contribution in [0.4, 0.5) is 4.39 Å². The van der Waals surface area contributed by atoms with Crippen LogP contribution in [-0.2, 0) is 9.84 Å². The molecule has 0 spiro atoms. The van der Waals surface area contributed by atoms with Gasteiger partial charge >= 0.3 is 0 Å². The Hall–Kier alpha value is -2.92. The standard InChI is InChI=1S/C14H9FN4O4S2/c15-8-1-3-9(4-2-8)25(22,23)14-18-10(6-24-14)11(20)5-12(21)13-16-7-17-19-13/h1-7,20H,(H,16,17,19). The molecule has 0 amide bonds. The molecule has 2 heterocycles. The number of sulfone groups is 1. The van der Waals surface area contributed by atoms with Crippen LogP contribution in [0.2, 0.25) is 0 Å². The number of rotatable bonds is 5. The zero-order valence-electron chi connectivity index (χ0n) is 12.2. The number of aromatic nitrogens is 4. The molecule has 3 rings (SSSR count). The number of hydrogen-bond acceptors (Lipinski definition) is 8. The van der Waals surface area contributed by atoms with E-state index < -0.39 is 27.2 Å². The van der Waals surface area contributed by atoms with Gasteiger partial charge in [-0.05, 0) is 24.3 Å². The molecule has 1 aromatic carbocycles. The summed E-state index contributed by atoms with van der Waals surface area (Å²) in [6.45, 7) is 0. The Morgan fingerprint density at radius 1 is 1.28 bits per heavy atom. The maximum Gasteiger partial charge on any atom is 0.233 e. The molecule has 2 N–H and O–H groups in total. The van der Waals surface area contributed by atoms with Crippen LogP contribution in [0.1, 0.15) is 16.3 Å². The molecule has 0 bridgehead atoms. The van der Waals surface area contributed by atoms with E-state index in [1.54, 1.807) is 0 Å². The predicted octanol–water partition coefficient (Wildman–Crippen LogP) is 2.01. The first-order valence-electron chi connectivity index (χ1n) is 6.65. The minimum atomic E-state index is -3.95. The molecular formula is C14H9FN4O4S2. The molecule has 0 unspecified atom stereocenters. The SMILES string of the molecule is O=C(C=C(O)c1csc(S(=O)(=O)c2ccc(F)cc2)n1)c1ncn[nH]1. The summed E-state index contributed by atoms with van der Waals surface area (Å²) >= 11 is 0.768. The summed E-state index contributed by atoms with van der Waals surface area (Å²) in [5.41, 5.74) is -0.0847. The number of benzene rings is 1. The molecule has 0 atom stereocenters. The number of aromatic amines is 1. The van der Waals surface area contributed by atoms with Gasteiger partial charge in [-0.1, -0.05) is 0 Å². The topological polar surface area (TPSA) is 126 Å². The molecule has 25 heavy (non-hydrogen) atoms. The van der Waals surface area contributed by atoms with E-state index in [1.165, 1.54) is 5.38 Å². The van der Waals surface area contributed by atoms with Gasteiger partial charge in [-0.25, -0.2) is 22.8 Å². The van der Waals surface area contributed by atoms with Crippen molar-refractivity contribution in [3.8, 4) is 0 Å². The molecular weight excluding hydrogens is 371 g/mol. The second kappa shape index (κ2) is 6.53. The molecule has 128 valence electrons. The van der Waals surface area contributed by atoms with Crippen LogP contribution in [0, 0.1) is 5.82 Å². The third-order valence-corrected chi connectivity index (χ3v) is 6.04. The number of carbonyl (C=O) groups is 1. The number of carbonyl (C=O) groups excluding carboxylic acids is 1. The summed E-state index contributed by atoms with van der Waals surface area (Å²) in [7, 11) is -3.95. The molecule has 0 saturated heterocycles. The molecule has 3 aromatic rings. The van der Waals surface area contributed by atoms with Crippen LogP contribution < -0.4 is 0 Å². The highest BCUT2D eigenvalue weighted by molar-refractivity contribution is 7.93. The van der Waals surface area contributed by atoms with Gasteiger partial charge in [0.05, 0.1) is 4.90 Å². The van der Waals surface area contributed by atoms with Crippen LogP contribution in [0.3, 0.4) is 0 Å². The van der Waals surface area contributed by atoms with E-state index in [4.69, 9.17) is 0 Å². The molecule has 0 saturated carbocycles. The van der Waals surface area contributed by atoms with Gasteiger partial charge in [-0.2, -0.15) is 5.10 Å². The smallest absolute Gasteiger partial charge is 0.233 e. The van der Waals surface area contributed by atoms with Crippen molar-refractivity contribution >= 4 is 32.7 Å². The van der Waals surface area contributed by atoms with E-state index in [0.717, 1.165) is 48.0 Å². The minimum Gasteiger partial charge on any atom is -0.506 e. The zero-order valence-corrected chi connectivity index (χ0v) is 13.9. The fraction of sp³-hybridized carbons (Fsp3) is 0. The summed E-state index contributed by atoms with van der Waals surface area (Å²) in [5.74, 6) is -1.81. The zero-order chi connectivity index (χ0) is 18.0. The maximum atomic E-state index is 12.9. The maximum absolute atomic E-state index is 12.9. The van der Waals surface area contributed by atoms with Crippen molar-refractivity contribution in [1.82, 2.24) is 20.2 Å². The molecule has 2 aromatic heterocycles. The van der Waals surface area contributed by atoms with E-state index in [0.29, 0.717) is 0 Å². The fourth-order valence-corrected chi connectivity index (χ4v) is 4.19. The van der Waals surface area contributed by atoms with Crippen LogP contribution in [0.25, 0.3) is 5.76 Å². The predicted molar refractivity (Wildman–Crippen MR) is 85.3 cm³/mol. The van der Waals surface area contributed by atoms with Gasteiger partial charge in [-0.15, -0.1) is 11.3 Å². The first-order chi connectivity index (χ1) is 11.9. The molecule has 0 radical (unpaired) electrons. The van der Waals surface area contributed by atoms with E-state index >= 15 is 0 Å². The van der Waals surface area contributed by atoms with E-state index in [2.05, 4.69) is 20.2 Å². The Morgan fingerprint density at radius 2 is 2.00 bits per heavy atom. The number of halogens is 1. The first-order valence-corrected chi connectivity index (χ1v) is 9.01. The summed E-state index contributed by atoms with van der Waals surface area (Å²) < 4.78 is 37.5. The van der Waals surface area contributed by atoms with Gasteiger partial charge in [0.1, 0.15) is 23.6 Å². The lowest BCUT2D eigenvalue weighted by molar-refractivity contribution is 0.103.